The number of amides is 1. The number of hydrogen-bond donors (Lipinski definition) is 1. The Morgan fingerprint density at radius 1 is 1.07 bits per heavy atom. The summed E-state index contributed by atoms with van der Waals surface area (Å²) in [7, 11) is -2.68. The van der Waals surface area contributed by atoms with Gasteiger partial charge in [-0.2, -0.15) is 17.5 Å². The third-order valence-electron chi connectivity index (χ3n) is 7.01. The van der Waals surface area contributed by atoms with E-state index in [1.807, 2.05) is 6.92 Å². The quantitative estimate of drug-likeness (QED) is 0.455. The number of morpholine rings is 1. The zero-order chi connectivity index (χ0) is 29.8. The summed E-state index contributed by atoms with van der Waals surface area (Å²) >= 11 is 0. The van der Waals surface area contributed by atoms with Gasteiger partial charge in [-0.1, -0.05) is 6.42 Å². The molecule has 2 fully saturated rings. The minimum atomic E-state index is -4.63. The number of rotatable bonds is 8. The Balaban J connectivity index is 1.49. The molecule has 1 unspecified atom stereocenters. The molecule has 0 saturated carbocycles. The zero-order valence-corrected chi connectivity index (χ0v) is 23.5. The first-order chi connectivity index (χ1) is 19.4. The van der Waals surface area contributed by atoms with Crippen LogP contribution in [0.25, 0.3) is 0 Å². The summed E-state index contributed by atoms with van der Waals surface area (Å²) in [5.41, 5.74) is -0.791. The van der Waals surface area contributed by atoms with Crippen molar-refractivity contribution in [2.45, 2.75) is 43.3 Å². The van der Waals surface area contributed by atoms with E-state index in [1.165, 1.54) is 29.6 Å². The number of piperidine rings is 1. The molecule has 10 nitrogen and oxygen atoms in total. The highest BCUT2D eigenvalue weighted by molar-refractivity contribution is 7.89. The van der Waals surface area contributed by atoms with Gasteiger partial charge in [0.15, 0.2) is 6.61 Å². The fraction of sp³-hybridized carbons (Fsp3) is 0.481. The molecule has 14 heteroatoms. The molecule has 1 N–H and O–H groups in total. The van der Waals surface area contributed by atoms with Crippen molar-refractivity contribution in [3.63, 3.8) is 0 Å². The van der Waals surface area contributed by atoms with Crippen LogP contribution in [0.1, 0.15) is 42.1 Å². The lowest BCUT2D eigenvalue weighted by Gasteiger charge is -2.32. The Bertz CT molecular complexity index is 1380. The Hall–Kier alpha value is -3.36. The number of carbonyl (C=O) groups excluding carboxylic acids is 2. The Morgan fingerprint density at radius 3 is 2.46 bits per heavy atom. The largest absolute Gasteiger partial charge is 0.495 e. The number of nitrogens with one attached hydrogen (secondary N) is 1. The predicted octanol–water partition coefficient (Wildman–Crippen LogP) is 3.91. The molecule has 1 amide bonds. The number of esters is 1. The van der Waals surface area contributed by atoms with Crippen LogP contribution < -0.4 is 15.0 Å². The van der Waals surface area contributed by atoms with Crippen LogP contribution in [0.4, 0.5) is 24.5 Å². The van der Waals surface area contributed by atoms with Crippen LogP contribution in [0.15, 0.2) is 41.3 Å². The van der Waals surface area contributed by atoms with Gasteiger partial charge in [0.1, 0.15) is 10.6 Å². The third-order valence-corrected chi connectivity index (χ3v) is 9.05. The topological polar surface area (TPSA) is 114 Å². The van der Waals surface area contributed by atoms with Crippen LogP contribution >= 0.6 is 0 Å². The summed E-state index contributed by atoms with van der Waals surface area (Å²) in [6.45, 7) is 2.93. The van der Waals surface area contributed by atoms with Crippen molar-refractivity contribution in [1.82, 2.24) is 4.31 Å². The van der Waals surface area contributed by atoms with Gasteiger partial charge in [-0.3, -0.25) is 4.79 Å². The maximum atomic E-state index is 13.4. The minimum absolute atomic E-state index is 0.0530. The molecule has 1 atom stereocenters. The van der Waals surface area contributed by atoms with E-state index in [2.05, 4.69) is 5.32 Å². The van der Waals surface area contributed by atoms with Crippen molar-refractivity contribution in [3.8, 4) is 5.75 Å². The normalized spacial score (nSPS) is 18.6. The molecule has 0 spiro atoms. The van der Waals surface area contributed by atoms with Gasteiger partial charge in [-0.05, 0) is 56.2 Å². The molecular formula is C27H32F3N3O7S. The standard InChI is InChI=1S/C27H32F3N3O7S/c1-18-5-3-4-10-33(18)41(36,37)24-15-19(6-9-23(24)38-2)26(35)40-17-25(34)31-21-16-20(27(28,29)30)7-8-22(21)32-11-13-39-14-12-32/h6-9,15-16,18H,3-5,10-14,17H2,1-2H3,(H,31,34). The van der Waals surface area contributed by atoms with Crippen molar-refractivity contribution in [3.05, 3.63) is 47.5 Å². The summed E-state index contributed by atoms with van der Waals surface area (Å²) in [4.78, 5) is 27.1. The molecule has 41 heavy (non-hydrogen) atoms. The minimum Gasteiger partial charge on any atom is -0.495 e. The monoisotopic (exact) mass is 599 g/mol. The molecule has 2 aliphatic rings. The van der Waals surface area contributed by atoms with Crippen LogP contribution in [0.2, 0.25) is 0 Å². The molecule has 0 bridgehead atoms. The summed E-state index contributed by atoms with van der Waals surface area (Å²) in [6.07, 6.45) is -2.31. The Labute approximate surface area is 236 Å². The van der Waals surface area contributed by atoms with Gasteiger partial charge >= 0.3 is 12.1 Å². The summed E-state index contributed by atoms with van der Waals surface area (Å²) in [6, 6.07) is 6.58. The second-order valence-electron chi connectivity index (χ2n) is 9.78. The molecule has 4 rings (SSSR count). The van der Waals surface area contributed by atoms with Crippen molar-refractivity contribution >= 4 is 33.3 Å². The van der Waals surface area contributed by atoms with Gasteiger partial charge in [0.25, 0.3) is 5.91 Å². The van der Waals surface area contributed by atoms with Crippen LogP contribution in [0.3, 0.4) is 0 Å². The number of anilines is 2. The van der Waals surface area contributed by atoms with Gasteiger partial charge in [0.05, 0.1) is 42.8 Å². The van der Waals surface area contributed by atoms with E-state index in [1.54, 1.807) is 4.90 Å². The fourth-order valence-corrected chi connectivity index (χ4v) is 6.74. The van der Waals surface area contributed by atoms with Crippen molar-refractivity contribution < 1.29 is 45.4 Å². The highest BCUT2D eigenvalue weighted by Gasteiger charge is 2.34. The first kappa shape index (κ1) is 30.6. The second-order valence-corrected chi connectivity index (χ2v) is 11.6. The van der Waals surface area contributed by atoms with Gasteiger partial charge in [0, 0.05) is 25.7 Å². The molecule has 0 radical (unpaired) electrons. The summed E-state index contributed by atoms with van der Waals surface area (Å²) < 4.78 is 83.9. The number of benzene rings is 2. The predicted molar refractivity (Wildman–Crippen MR) is 144 cm³/mol. The highest BCUT2D eigenvalue weighted by Crippen LogP contribution is 2.36. The van der Waals surface area contributed by atoms with Crippen LogP contribution in [0, 0.1) is 0 Å². The van der Waals surface area contributed by atoms with Gasteiger partial charge in [-0.15, -0.1) is 0 Å². The maximum Gasteiger partial charge on any atom is 0.416 e. The van der Waals surface area contributed by atoms with Crippen LogP contribution in [-0.2, 0) is 30.5 Å². The van der Waals surface area contributed by atoms with Gasteiger partial charge < -0.3 is 24.4 Å². The molecule has 2 aromatic rings. The maximum absolute atomic E-state index is 13.4. The number of alkyl halides is 3. The average molecular weight is 600 g/mol. The number of ether oxygens (including phenoxy) is 3. The highest BCUT2D eigenvalue weighted by atomic mass is 32.2. The molecule has 0 aliphatic carbocycles. The summed E-state index contributed by atoms with van der Waals surface area (Å²) in [5.74, 6) is -1.80. The van der Waals surface area contributed by atoms with E-state index >= 15 is 0 Å². The molecule has 0 aromatic heterocycles. The van der Waals surface area contributed by atoms with Crippen LogP contribution in [-0.4, -0.2) is 77.2 Å². The van der Waals surface area contributed by atoms with E-state index in [0.29, 0.717) is 51.4 Å². The molecular weight excluding hydrogens is 567 g/mol. The zero-order valence-electron chi connectivity index (χ0n) is 22.7. The van der Waals surface area contributed by atoms with Crippen molar-refractivity contribution in [2.75, 3.05) is 56.8 Å². The lowest BCUT2D eigenvalue weighted by atomic mass is 10.1. The van der Waals surface area contributed by atoms with Crippen molar-refractivity contribution in [2.24, 2.45) is 0 Å². The molecule has 2 saturated heterocycles. The van der Waals surface area contributed by atoms with Gasteiger partial charge in [-0.25, -0.2) is 13.2 Å². The number of methoxy groups -OCH3 is 1. The van der Waals surface area contributed by atoms with E-state index < -0.39 is 40.2 Å². The number of carbonyl (C=O) groups is 2. The molecule has 224 valence electrons. The Morgan fingerprint density at radius 2 is 1.80 bits per heavy atom. The lowest BCUT2D eigenvalue weighted by molar-refractivity contribution is -0.137. The number of halogens is 3. The molecule has 2 aromatic carbocycles. The second kappa shape index (κ2) is 12.7. The number of nitrogens with zero attached hydrogens (tertiary/aromatic N) is 2. The fourth-order valence-electron chi connectivity index (χ4n) is 4.85. The first-order valence-corrected chi connectivity index (χ1v) is 14.6. The van der Waals surface area contributed by atoms with Crippen molar-refractivity contribution in [1.29, 1.82) is 0 Å². The SMILES string of the molecule is COc1ccc(C(=O)OCC(=O)Nc2cc(C(F)(F)F)ccc2N2CCOCC2)cc1S(=O)(=O)N1CCCCC1C. The van der Waals surface area contributed by atoms with E-state index in [-0.39, 0.29) is 27.9 Å². The summed E-state index contributed by atoms with van der Waals surface area (Å²) in [5, 5.41) is 2.41. The molecule has 2 heterocycles. The van der Waals surface area contributed by atoms with Gasteiger partial charge in [0.2, 0.25) is 10.0 Å². The van der Waals surface area contributed by atoms with Crippen LogP contribution in [0.5, 0.6) is 5.75 Å². The number of sulfonamides is 1. The average Bonchev–Trinajstić information content (AvgIpc) is 2.95. The third kappa shape index (κ3) is 7.11. The Kier molecular flexibility index (Phi) is 9.44. The van der Waals surface area contributed by atoms with E-state index in [0.717, 1.165) is 24.6 Å². The first-order valence-electron chi connectivity index (χ1n) is 13.1. The number of hydrogen-bond acceptors (Lipinski definition) is 8. The van der Waals surface area contributed by atoms with E-state index in [9.17, 15) is 31.2 Å². The smallest absolute Gasteiger partial charge is 0.416 e. The van der Waals surface area contributed by atoms with E-state index in [4.69, 9.17) is 14.2 Å². The lowest BCUT2D eigenvalue weighted by Crippen LogP contribution is -2.42. The molecule has 2 aliphatic heterocycles.